The van der Waals surface area contributed by atoms with Crippen molar-refractivity contribution in [3.63, 3.8) is 0 Å². The molecule has 1 N–H and O–H groups in total. The summed E-state index contributed by atoms with van der Waals surface area (Å²) >= 11 is 0. The molecule has 106 valence electrons. The van der Waals surface area contributed by atoms with Gasteiger partial charge in [-0.1, -0.05) is 45.9 Å². The molecular weight excluding hydrogens is 234 g/mol. The van der Waals surface area contributed by atoms with Gasteiger partial charge >= 0.3 is 0 Å². The van der Waals surface area contributed by atoms with Gasteiger partial charge in [-0.3, -0.25) is 0 Å². The Kier molecular flexibility index (Phi) is 4.64. The lowest BCUT2D eigenvalue weighted by Crippen LogP contribution is -2.22. The first-order valence-corrected chi connectivity index (χ1v) is 7.42. The summed E-state index contributed by atoms with van der Waals surface area (Å²) in [6.45, 7) is 11.7. The number of rotatable bonds is 5. The largest absolute Gasteiger partial charge is 0.372 e. The summed E-state index contributed by atoms with van der Waals surface area (Å²) in [6.07, 6.45) is 2.43. The van der Waals surface area contributed by atoms with E-state index in [0.717, 1.165) is 19.8 Å². The summed E-state index contributed by atoms with van der Waals surface area (Å²) in [5, 5.41) is 3.62. The van der Waals surface area contributed by atoms with E-state index in [2.05, 4.69) is 51.2 Å². The summed E-state index contributed by atoms with van der Waals surface area (Å²) in [6, 6.07) is 7.30. The fraction of sp³-hybridized carbons (Fsp3) is 0.647. The van der Waals surface area contributed by atoms with Gasteiger partial charge in [-0.15, -0.1) is 0 Å². The Hall–Kier alpha value is -0.860. The lowest BCUT2D eigenvalue weighted by atomic mass is 9.86. The zero-order chi connectivity index (χ0) is 13.9. The molecular formula is C17H27NO. The first kappa shape index (κ1) is 14.5. The third-order valence-electron chi connectivity index (χ3n) is 3.78. The van der Waals surface area contributed by atoms with Crippen LogP contribution in [0, 0.1) is 5.41 Å². The minimum absolute atomic E-state index is 0.396. The molecule has 1 heterocycles. The Morgan fingerprint density at radius 2 is 1.95 bits per heavy atom. The molecule has 19 heavy (non-hydrogen) atoms. The SMILES string of the molecule is CCNC(CCC(C)(C)C)c1ccc2c(c1)COC2. The van der Waals surface area contributed by atoms with Crippen LogP contribution in [0.25, 0.3) is 0 Å². The Morgan fingerprint density at radius 3 is 2.63 bits per heavy atom. The second-order valence-electron chi connectivity index (χ2n) is 6.73. The summed E-state index contributed by atoms with van der Waals surface area (Å²) in [4.78, 5) is 0. The summed E-state index contributed by atoms with van der Waals surface area (Å²) in [5.74, 6) is 0. The smallest absolute Gasteiger partial charge is 0.0725 e. The number of nitrogens with one attached hydrogen (secondary N) is 1. The third kappa shape index (κ3) is 4.05. The van der Waals surface area contributed by atoms with Gasteiger partial charge < -0.3 is 10.1 Å². The number of hydrogen-bond acceptors (Lipinski definition) is 2. The zero-order valence-electron chi connectivity index (χ0n) is 12.8. The van der Waals surface area contributed by atoms with E-state index in [1.165, 1.54) is 29.5 Å². The highest BCUT2D eigenvalue weighted by atomic mass is 16.5. The van der Waals surface area contributed by atoms with Crippen molar-refractivity contribution in [2.24, 2.45) is 5.41 Å². The van der Waals surface area contributed by atoms with Gasteiger partial charge in [0.15, 0.2) is 0 Å². The van der Waals surface area contributed by atoms with E-state index in [0.29, 0.717) is 11.5 Å². The molecule has 2 heteroatoms. The number of benzene rings is 1. The van der Waals surface area contributed by atoms with Crippen LogP contribution in [0.3, 0.4) is 0 Å². The third-order valence-corrected chi connectivity index (χ3v) is 3.78. The Morgan fingerprint density at radius 1 is 1.21 bits per heavy atom. The number of fused-ring (bicyclic) bond motifs is 1. The maximum Gasteiger partial charge on any atom is 0.0725 e. The van der Waals surface area contributed by atoms with Crippen molar-refractivity contribution in [1.82, 2.24) is 5.32 Å². The minimum Gasteiger partial charge on any atom is -0.372 e. The molecule has 0 saturated carbocycles. The highest BCUT2D eigenvalue weighted by Gasteiger charge is 2.18. The van der Waals surface area contributed by atoms with E-state index >= 15 is 0 Å². The van der Waals surface area contributed by atoms with E-state index in [4.69, 9.17) is 4.74 Å². The van der Waals surface area contributed by atoms with Crippen LogP contribution < -0.4 is 5.32 Å². The predicted octanol–water partition coefficient (Wildman–Crippen LogP) is 4.19. The fourth-order valence-corrected chi connectivity index (χ4v) is 2.62. The molecule has 1 unspecified atom stereocenters. The maximum absolute atomic E-state index is 5.50. The normalized spacial score (nSPS) is 16.4. The van der Waals surface area contributed by atoms with Crippen molar-refractivity contribution in [2.75, 3.05) is 6.54 Å². The molecule has 1 aliphatic heterocycles. The van der Waals surface area contributed by atoms with Crippen molar-refractivity contribution in [2.45, 2.75) is 59.8 Å². The molecule has 0 radical (unpaired) electrons. The van der Waals surface area contributed by atoms with Gasteiger partial charge in [0.05, 0.1) is 13.2 Å². The van der Waals surface area contributed by atoms with Crippen molar-refractivity contribution in [3.8, 4) is 0 Å². The van der Waals surface area contributed by atoms with Gasteiger partial charge in [0, 0.05) is 6.04 Å². The van der Waals surface area contributed by atoms with E-state index < -0.39 is 0 Å². The van der Waals surface area contributed by atoms with Gasteiger partial charge in [-0.05, 0) is 41.5 Å². The van der Waals surface area contributed by atoms with E-state index in [9.17, 15) is 0 Å². The summed E-state index contributed by atoms with van der Waals surface area (Å²) in [5.41, 5.74) is 4.54. The van der Waals surface area contributed by atoms with Crippen molar-refractivity contribution < 1.29 is 4.74 Å². The molecule has 1 atom stereocenters. The quantitative estimate of drug-likeness (QED) is 0.858. The molecule has 0 aromatic heterocycles. The van der Waals surface area contributed by atoms with Crippen molar-refractivity contribution in [3.05, 3.63) is 34.9 Å². The Labute approximate surface area is 117 Å². The van der Waals surface area contributed by atoms with Crippen LogP contribution in [0.1, 0.15) is 63.3 Å². The van der Waals surface area contributed by atoms with Gasteiger partial charge in [-0.2, -0.15) is 0 Å². The van der Waals surface area contributed by atoms with Crippen LogP contribution in [0.15, 0.2) is 18.2 Å². The molecule has 2 nitrogen and oxygen atoms in total. The summed E-state index contributed by atoms with van der Waals surface area (Å²) in [7, 11) is 0. The standard InChI is InChI=1S/C17H27NO/c1-5-18-16(8-9-17(2,3)4)13-6-7-14-11-19-12-15(14)10-13/h6-7,10,16,18H,5,8-9,11-12H2,1-4H3. The lowest BCUT2D eigenvalue weighted by Gasteiger charge is -2.24. The van der Waals surface area contributed by atoms with Gasteiger partial charge in [0.1, 0.15) is 0 Å². The first-order chi connectivity index (χ1) is 8.99. The maximum atomic E-state index is 5.50. The van der Waals surface area contributed by atoms with Gasteiger partial charge in [-0.25, -0.2) is 0 Å². The van der Waals surface area contributed by atoms with Crippen LogP contribution in [0.2, 0.25) is 0 Å². The molecule has 0 aliphatic carbocycles. The monoisotopic (exact) mass is 261 g/mol. The molecule has 0 fully saturated rings. The fourth-order valence-electron chi connectivity index (χ4n) is 2.62. The van der Waals surface area contributed by atoms with Crippen LogP contribution in [-0.2, 0) is 18.0 Å². The molecule has 0 bridgehead atoms. The average Bonchev–Trinajstić information content (AvgIpc) is 2.80. The van der Waals surface area contributed by atoms with Crippen molar-refractivity contribution in [1.29, 1.82) is 0 Å². The first-order valence-electron chi connectivity index (χ1n) is 7.42. The molecule has 0 amide bonds. The molecule has 0 spiro atoms. The van der Waals surface area contributed by atoms with E-state index in [1.54, 1.807) is 0 Å². The highest BCUT2D eigenvalue weighted by molar-refractivity contribution is 5.34. The van der Waals surface area contributed by atoms with Crippen LogP contribution >= 0.6 is 0 Å². The highest BCUT2D eigenvalue weighted by Crippen LogP contribution is 2.29. The summed E-state index contributed by atoms with van der Waals surface area (Å²) < 4.78 is 5.50. The van der Waals surface area contributed by atoms with E-state index in [-0.39, 0.29) is 0 Å². The molecule has 1 aliphatic rings. The Bertz CT molecular complexity index is 420. The molecule has 0 saturated heterocycles. The number of hydrogen-bond donors (Lipinski definition) is 1. The number of ether oxygens (including phenoxy) is 1. The average molecular weight is 261 g/mol. The van der Waals surface area contributed by atoms with Gasteiger partial charge in [0.2, 0.25) is 0 Å². The van der Waals surface area contributed by atoms with Crippen LogP contribution in [0.4, 0.5) is 0 Å². The van der Waals surface area contributed by atoms with Crippen LogP contribution in [0.5, 0.6) is 0 Å². The minimum atomic E-state index is 0.396. The second kappa shape index (κ2) is 6.06. The van der Waals surface area contributed by atoms with Crippen molar-refractivity contribution >= 4 is 0 Å². The van der Waals surface area contributed by atoms with Gasteiger partial charge in [0.25, 0.3) is 0 Å². The topological polar surface area (TPSA) is 21.3 Å². The predicted molar refractivity (Wildman–Crippen MR) is 80.0 cm³/mol. The van der Waals surface area contributed by atoms with Crippen LogP contribution in [-0.4, -0.2) is 6.54 Å². The Balaban J connectivity index is 2.10. The lowest BCUT2D eigenvalue weighted by molar-refractivity contribution is 0.134. The zero-order valence-corrected chi connectivity index (χ0v) is 12.8. The molecule has 1 aromatic carbocycles. The molecule has 1 aromatic rings. The molecule has 2 rings (SSSR count). The second-order valence-corrected chi connectivity index (χ2v) is 6.73. The van der Waals surface area contributed by atoms with E-state index in [1.807, 2.05) is 0 Å².